The molecule has 1 rings (SSSR count). The summed E-state index contributed by atoms with van der Waals surface area (Å²) in [5.41, 5.74) is 0. The molecule has 1 fully saturated rings. The highest BCUT2D eigenvalue weighted by atomic mass is 16.6. The number of carboxylic acids is 1. The molecule has 5 atom stereocenters. The second kappa shape index (κ2) is 3.56. The minimum atomic E-state index is -1.81. The molecule has 76 valence electrons. The van der Waals surface area contributed by atoms with Gasteiger partial charge in [-0.05, 0) is 0 Å². The molecule has 0 amide bonds. The summed E-state index contributed by atoms with van der Waals surface area (Å²) in [5, 5.41) is 44.4. The minimum Gasteiger partial charge on any atom is -0.479 e. The maximum Gasteiger partial charge on any atom is 0.335 e. The first-order chi connectivity index (χ1) is 5.95. The van der Waals surface area contributed by atoms with Gasteiger partial charge in [0.15, 0.2) is 12.4 Å². The first kappa shape index (κ1) is 10.4. The second-order valence-corrected chi connectivity index (χ2v) is 2.76. The molecule has 1 saturated heterocycles. The summed E-state index contributed by atoms with van der Waals surface area (Å²) in [6.45, 7) is 0. The summed E-state index contributed by atoms with van der Waals surface area (Å²) < 4.78 is 4.34. The van der Waals surface area contributed by atoms with Gasteiger partial charge in [-0.3, -0.25) is 0 Å². The van der Waals surface area contributed by atoms with Gasteiger partial charge in [0, 0.05) is 0 Å². The number of aliphatic carboxylic acids is 1. The Balaban J connectivity index is 2.76. The van der Waals surface area contributed by atoms with Gasteiger partial charge in [-0.15, -0.1) is 0 Å². The van der Waals surface area contributed by atoms with E-state index in [1.165, 1.54) is 0 Å². The van der Waals surface area contributed by atoms with Crippen LogP contribution < -0.4 is 0 Å². The van der Waals surface area contributed by atoms with Gasteiger partial charge in [-0.25, -0.2) is 4.79 Å². The largest absolute Gasteiger partial charge is 0.479 e. The molecular weight excluding hydrogens is 184 g/mol. The van der Waals surface area contributed by atoms with E-state index in [1.54, 1.807) is 0 Å². The van der Waals surface area contributed by atoms with E-state index in [-0.39, 0.29) is 0 Å². The van der Waals surface area contributed by atoms with Crippen LogP contribution in [0.1, 0.15) is 0 Å². The molecule has 1 aliphatic heterocycles. The van der Waals surface area contributed by atoms with Crippen molar-refractivity contribution in [3.63, 3.8) is 0 Å². The van der Waals surface area contributed by atoms with Gasteiger partial charge in [-0.2, -0.15) is 0 Å². The average Bonchev–Trinajstić information content (AvgIpc) is 2.07. The van der Waals surface area contributed by atoms with Gasteiger partial charge in [0.25, 0.3) is 0 Å². The SMILES string of the molecule is O=C(O)[C@@H]1O[C@@H](O)[C@H](O)[C@H](O)[C@@H]1O. The minimum absolute atomic E-state index is 1.52. The zero-order chi connectivity index (χ0) is 10.2. The summed E-state index contributed by atoms with van der Waals surface area (Å²) in [6, 6.07) is 0. The first-order valence-corrected chi connectivity index (χ1v) is 3.55. The molecule has 0 saturated carbocycles. The van der Waals surface area contributed by atoms with E-state index in [0.717, 1.165) is 0 Å². The quantitative estimate of drug-likeness (QED) is 0.298. The molecule has 0 unspecified atom stereocenters. The second-order valence-electron chi connectivity index (χ2n) is 2.76. The molecule has 0 radical (unpaired) electrons. The van der Waals surface area contributed by atoms with Crippen molar-refractivity contribution < 1.29 is 35.1 Å². The van der Waals surface area contributed by atoms with Crippen molar-refractivity contribution in [2.45, 2.75) is 30.7 Å². The van der Waals surface area contributed by atoms with Crippen molar-refractivity contribution in [3.8, 4) is 0 Å². The molecule has 13 heavy (non-hydrogen) atoms. The lowest BCUT2D eigenvalue weighted by molar-refractivity contribution is -0.279. The predicted molar refractivity (Wildman–Crippen MR) is 36.5 cm³/mol. The van der Waals surface area contributed by atoms with Crippen molar-refractivity contribution in [3.05, 3.63) is 0 Å². The fraction of sp³-hybridized carbons (Fsp3) is 0.833. The van der Waals surface area contributed by atoms with E-state index >= 15 is 0 Å². The van der Waals surface area contributed by atoms with E-state index in [0.29, 0.717) is 0 Å². The topological polar surface area (TPSA) is 127 Å². The van der Waals surface area contributed by atoms with Crippen LogP contribution in [0.5, 0.6) is 0 Å². The Morgan fingerprint density at radius 3 is 2.00 bits per heavy atom. The summed E-state index contributed by atoms with van der Waals surface area (Å²) in [5.74, 6) is -1.52. The molecule has 1 heterocycles. The third kappa shape index (κ3) is 1.79. The molecule has 1 aliphatic rings. The van der Waals surface area contributed by atoms with Crippen LogP contribution in [0.25, 0.3) is 0 Å². The zero-order valence-electron chi connectivity index (χ0n) is 6.44. The molecule has 0 bridgehead atoms. The standard InChI is InChI=1S/C6H10O7/c7-1-2(8)4(5(10)11)13-6(12)3(1)9/h1-4,6-9,12H,(H,10,11)/t1-,2+,3-,4-,6-/m1/s1. The van der Waals surface area contributed by atoms with Crippen LogP contribution in [-0.2, 0) is 9.53 Å². The number of hydrogen-bond donors (Lipinski definition) is 5. The Morgan fingerprint density at radius 1 is 1.00 bits per heavy atom. The van der Waals surface area contributed by atoms with Crippen LogP contribution in [0.15, 0.2) is 0 Å². The molecule has 0 aromatic rings. The monoisotopic (exact) mass is 194 g/mol. The molecule has 0 aromatic heterocycles. The third-order valence-electron chi connectivity index (χ3n) is 1.83. The highest BCUT2D eigenvalue weighted by Gasteiger charge is 2.46. The number of ether oxygens (including phenoxy) is 1. The van der Waals surface area contributed by atoms with E-state index in [4.69, 9.17) is 25.5 Å². The fourth-order valence-electron chi connectivity index (χ4n) is 1.07. The van der Waals surface area contributed by atoms with E-state index < -0.39 is 36.7 Å². The van der Waals surface area contributed by atoms with Gasteiger partial charge in [0.05, 0.1) is 0 Å². The number of aliphatic hydroxyl groups is 4. The van der Waals surface area contributed by atoms with Crippen LogP contribution in [0.3, 0.4) is 0 Å². The van der Waals surface area contributed by atoms with Crippen molar-refractivity contribution in [1.82, 2.24) is 0 Å². The summed E-state index contributed by atoms with van der Waals surface area (Å²) >= 11 is 0. The summed E-state index contributed by atoms with van der Waals surface area (Å²) in [6.07, 6.45) is -8.72. The van der Waals surface area contributed by atoms with Gasteiger partial charge < -0.3 is 30.3 Å². The number of carboxylic acid groups (broad SMARTS) is 1. The van der Waals surface area contributed by atoms with Gasteiger partial charge in [0.2, 0.25) is 0 Å². The zero-order valence-corrected chi connectivity index (χ0v) is 6.44. The van der Waals surface area contributed by atoms with Crippen molar-refractivity contribution >= 4 is 5.97 Å². The van der Waals surface area contributed by atoms with Crippen LogP contribution in [0, 0.1) is 0 Å². The van der Waals surface area contributed by atoms with Gasteiger partial charge in [-0.1, -0.05) is 0 Å². The van der Waals surface area contributed by atoms with E-state index in [2.05, 4.69) is 4.74 Å². The van der Waals surface area contributed by atoms with Crippen molar-refractivity contribution in [2.75, 3.05) is 0 Å². The van der Waals surface area contributed by atoms with Crippen LogP contribution in [0.2, 0.25) is 0 Å². The van der Waals surface area contributed by atoms with Gasteiger partial charge >= 0.3 is 5.97 Å². The normalized spacial score (nSPS) is 46.0. The van der Waals surface area contributed by atoms with Crippen LogP contribution >= 0.6 is 0 Å². The van der Waals surface area contributed by atoms with Crippen LogP contribution in [0.4, 0.5) is 0 Å². The Morgan fingerprint density at radius 2 is 1.54 bits per heavy atom. The molecular formula is C6H10O7. The number of hydrogen-bond acceptors (Lipinski definition) is 6. The Kier molecular flexibility index (Phi) is 2.84. The maximum absolute atomic E-state index is 10.4. The summed E-state index contributed by atoms with van der Waals surface area (Å²) in [4.78, 5) is 10.4. The molecule has 0 aliphatic carbocycles. The van der Waals surface area contributed by atoms with Crippen molar-refractivity contribution in [1.29, 1.82) is 0 Å². The lowest BCUT2D eigenvalue weighted by Gasteiger charge is -2.36. The molecule has 0 aromatic carbocycles. The molecule has 5 N–H and O–H groups in total. The number of carbonyl (C=O) groups is 1. The maximum atomic E-state index is 10.4. The number of rotatable bonds is 1. The first-order valence-electron chi connectivity index (χ1n) is 3.55. The van der Waals surface area contributed by atoms with Crippen molar-refractivity contribution in [2.24, 2.45) is 0 Å². The molecule has 7 nitrogen and oxygen atoms in total. The predicted octanol–water partition coefficient (Wildman–Crippen LogP) is -3.13. The smallest absolute Gasteiger partial charge is 0.335 e. The lowest BCUT2D eigenvalue weighted by Crippen LogP contribution is -2.59. The van der Waals surface area contributed by atoms with E-state index in [1.807, 2.05) is 0 Å². The molecule has 7 heteroatoms. The van der Waals surface area contributed by atoms with E-state index in [9.17, 15) is 4.79 Å². The van der Waals surface area contributed by atoms with Crippen LogP contribution in [-0.4, -0.2) is 62.2 Å². The summed E-state index contributed by atoms with van der Waals surface area (Å²) in [7, 11) is 0. The lowest BCUT2D eigenvalue weighted by atomic mass is 9.99. The molecule has 0 spiro atoms. The highest BCUT2D eigenvalue weighted by Crippen LogP contribution is 2.19. The highest BCUT2D eigenvalue weighted by molar-refractivity contribution is 5.73. The Hall–Kier alpha value is -0.730. The average molecular weight is 194 g/mol. The fourth-order valence-corrected chi connectivity index (χ4v) is 1.07. The Bertz CT molecular complexity index is 205. The Labute approximate surface area is 72.8 Å². The third-order valence-corrected chi connectivity index (χ3v) is 1.83. The van der Waals surface area contributed by atoms with Gasteiger partial charge in [0.1, 0.15) is 18.3 Å². The number of aliphatic hydroxyl groups excluding tert-OH is 4.